The van der Waals surface area contributed by atoms with Gasteiger partial charge in [0, 0.05) is 50.9 Å². The number of carbonyl (C=O) groups is 1. The largest absolute Gasteiger partial charge is 0.321 e. The summed E-state index contributed by atoms with van der Waals surface area (Å²) in [6.45, 7) is 1.82. The summed E-state index contributed by atoms with van der Waals surface area (Å²) in [5, 5.41) is 8.25. The Morgan fingerprint density at radius 3 is 2.65 bits per heavy atom. The van der Waals surface area contributed by atoms with E-state index < -0.39 is 0 Å². The molecule has 1 N–H and O–H groups in total. The van der Waals surface area contributed by atoms with Crippen molar-refractivity contribution in [2.75, 3.05) is 0 Å². The van der Waals surface area contributed by atoms with E-state index >= 15 is 0 Å². The third-order valence-corrected chi connectivity index (χ3v) is 7.31. The first-order valence-corrected chi connectivity index (χ1v) is 13.0. The fourth-order valence-corrected chi connectivity index (χ4v) is 5.50. The van der Waals surface area contributed by atoms with Crippen molar-refractivity contribution < 1.29 is 4.79 Å². The molecule has 0 fully saturated rings. The van der Waals surface area contributed by atoms with Gasteiger partial charge in [-0.1, -0.05) is 77.5 Å². The molecule has 6 nitrogen and oxygen atoms in total. The first-order chi connectivity index (χ1) is 18.0. The smallest absolute Gasteiger partial charge is 0.258 e. The van der Waals surface area contributed by atoms with Crippen LogP contribution >= 0.6 is 15.9 Å². The first-order valence-electron chi connectivity index (χ1n) is 12.2. The number of benzene rings is 3. The van der Waals surface area contributed by atoms with E-state index in [0.717, 1.165) is 43.0 Å². The van der Waals surface area contributed by atoms with Gasteiger partial charge in [0.05, 0.1) is 22.8 Å². The van der Waals surface area contributed by atoms with Gasteiger partial charge >= 0.3 is 0 Å². The summed E-state index contributed by atoms with van der Waals surface area (Å²) in [6.07, 6.45) is 2.47. The molecule has 5 aromatic rings. The molecular weight excluding hydrogens is 528 g/mol. The SMILES string of the molecule is CCC(=O)N1N=C(c2c(-c3ccccc3)c3cc(Br)ccc3[nH]c2=O)C[C@@H]1c1cccc2cccnc12. The number of hydrazone groups is 1. The molecule has 1 aliphatic rings. The molecule has 2 aromatic heterocycles. The van der Waals surface area contributed by atoms with Gasteiger partial charge in [0.25, 0.3) is 5.56 Å². The van der Waals surface area contributed by atoms with E-state index in [9.17, 15) is 9.59 Å². The predicted octanol–water partition coefficient (Wildman–Crippen LogP) is 6.59. The molecule has 3 aromatic carbocycles. The average molecular weight is 551 g/mol. The number of amides is 1. The Hall–Kier alpha value is -4.10. The van der Waals surface area contributed by atoms with E-state index in [1.54, 1.807) is 6.20 Å². The normalized spacial score (nSPS) is 15.4. The van der Waals surface area contributed by atoms with Gasteiger partial charge in [0.15, 0.2) is 0 Å². The van der Waals surface area contributed by atoms with Crippen LogP contribution in [0.1, 0.15) is 36.9 Å². The molecule has 1 atom stereocenters. The third kappa shape index (κ3) is 4.05. The van der Waals surface area contributed by atoms with Crippen LogP contribution in [0.4, 0.5) is 0 Å². The van der Waals surface area contributed by atoms with E-state index in [0.29, 0.717) is 24.1 Å². The van der Waals surface area contributed by atoms with Gasteiger partial charge in [0.1, 0.15) is 0 Å². The van der Waals surface area contributed by atoms with Crippen molar-refractivity contribution in [3.8, 4) is 11.1 Å². The van der Waals surface area contributed by atoms with Crippen LogP contribution in [0.2, 0.25) is 0 Å². The Labute approximate surface area is 221 Å². The average Bonchev–Trinajstić information content (AvgIpc) is 3.37. The number of pyridine rings is 2. The fraction of sp³-hybridized carbons (Fsp3) is 0.133. The maximum absolute atomic E-state index is 13.6. The summed E-state index contributed by atoms with van der Waals surface area (Å²) in [7, 11) is 0. The second-order valence-electron chi connectivity index (χ2n) is 9.04. The summed E-state index contributed by atoms with van der Waals surface area (Å²) in [6, 6.07) is 25.2. The molecule has 0 saturated carbocycles. The van der Waals surface area contributed by atoms with Crippen molar-refractivity contribution in [1.82, 2.24) is 15.0 Å². The van der Waals surface area contributed by atoms with Crippen LogP contribution in [0.3, 0.4) is 0 Å². The number of hydrogen-bond donors (Lipinski definition) is 1. The van der Waals surface area contributed by atoms with E-state index in [1.165, 1.54) is 5.01 Å². The van der Waals surface area contributed by atoms with Crippen LogP contribution in [-0.2, 0) is 4.79 Å². The van der Waals surface area contributed by atoms with Crippen LogP contribution in [0.5, 0.6) is 0 Å². The van der Waals surface area contributed by atoms with Crippen molar-refractivity contribution >= 4 is 49.4 Å². The van der Waals surface area contributed by atoms with E-state index in [4.69, 9.17) is 5.10 Å². The lowest BCUT2D eigenvalue weighted by atomic mass is 9.90. The molecule has 182 valence electrons. The Bertz CT molecular complexity index is 1760. The van der Waals surface area contributed by atoms with Crippen LogP contribution < -0.4 is 5.56 Å². The Morgan fingerprint density at radius 1 is 1.03 bits per heavy atom. The van der Waals surface area contributed by atoms with Gasteiger partial charge in [-0.15, -0.1) is 0 Å². The number of aromatic amines is 1. The lowest BCUT2D eigenvalue weighted by Crippen LogP contribution is -2.26. The number of fused-ring (bicyclic) bond motifs is 2. The molecular formula is C30H23BrN4O2. The molecule has 1 aliphatic heterocycles. The highest BCUT2D eigenvalue weighted by atomic mass is 79.9. The maximum Gasteiger partial charge on any atom is 0.258 e. The lowest BCUT2D eigenvalue weighted by Gasteiger charge is -2.22. The van der Waals surface area contributed by atoms with Gasteiger partial charge in [-0.05, 0) is 29.8 Å². The fourth-order valence-electron chi connectivity index (χ4n) is 5.14. The molecule has 3 heterocycles. The number of halogens is 1. The standard InChI is InChI=1S/C30H23BrN4O2/c1-2-26(36)35-25(21-12-6-10-19-11-7-15-32-29(19)21)17-24(34-35)28-27(18-8-4-3-5-9-18)22-16-20(31)13-14-23(22)33-30(28)37/h3-16,25H,2,17H2,1H3,(H,33,37)/t25-/m1/s1. The van der Waals surface area contributed by atoms with E-state index in [2.05, 4.69) is 25.9 Å². The van der Waals surface area contributed by atoms with E-state index in [-0.39, 0.29) is 17.5 Å². The second kappa shape index (κ2) is 9.41. The van der Waals surface area contributed by atoms with Crippen LogP contribution in [0.15, 0.2) is 99.4 Å². The predicted molar refractivity (Wildman–Crippen MR) is 150 cm³/mol. The number of nitrogens with zero attached hydrogens (tertiary/aromatic N) is 3. The van der Waals surface area contributed by atoms with Gasteiger partial charge < -0.3 is 4.98 Å². The zero-order valence-electron chi connectivity index (χ0n) is 20.1. The minimum absolute atomic E-state index is 0.103. The molecule has 0 unspecified atom stereocenters. The number of H-pyrrole nitrogens is 1. The molecule has 7 heteroatoms. The highest BCUT2D eigenvalue weighted by molar-refractivity contribution is 9.10. The second-order valence-corrected chi connectivity index (χ2v) is 9.96. The Morgan fingerprint density at radius 2 is 1.84 bits per heavy atom. The Balaban J connectivity index is 1.59. The lowest BCUT2D eigenvalue weighted by molar-refractivity contribution is -0.132. The zero-order valence-corrected chi connectivity index (χ0v) is 21.7. The minimum Gasteiger partial charge on any atom is -0.321 e. The van der Waals surface area contributed by atoms with Crippen molar-refractivity contribution in [2.24, 2.45) is 5.10 Å². The van der Waals surface area contributed by atoms with Crippen molar-refractivity contribution in [1.29, 1.82) is 0 Å². The Kier molecular flexibility index (Phi) is 5.93. The quantitative estimate of drug-likeness (QED) is 0.274. The highest BCUT2D eigenvalue weighted by Gasteiger charge is 2.35. The number of rotatable bonds is 4. The molecule has 0 radical (unpaired) electrons. The number of aromatic nitrogens is 2. The van der Waals surface area contributed by atoms with Crippen molar-refractivity contribution in [2.45, 2.75) is 25.8 Å². The monoisotopic (exact) mass is 550 g/mol. The van der Waals surface area contributed by atoms with Gasteiger partial charge in [-0.3, -0.25) is 14.6 Å². The van der Waals surface area contributed by atoms with Crippen LogP contribution in [0, 0.1) is 0 Å². The first kappa shape index (κ1) is 23.3. The van der Waals surface area contributed by atoms with Crippen LogP contribution in [0.25, 0.3) is 32.9 Å². The third-order valence-electron chi connectivity index (χ3n) is 6.82. The zero-order chi connectivity index (χ0) is 25.5. The maximum atomic E-state index is 13.6. The molecule has 0 spiro atoms. The van der Waals surface area contributed by atoms with E-state index in [1.807, 2.05) is 85.8 Å². The van der Waals surface area contributed by atoms with Crippen molar-refractivity contribution in [3.63, 3.8) is 0 Å². The summed E-state index contributed by atoms with van der Waals surface area (Å²) >= 11 is 3.58. The summed E-state index contributed by atoms with van der Waals surface area (Å²) in [4.78, 5) is 34.4. The number of para-hydroxylation sites is 1. The molecule has 1 amide bonds. The molecule has 6 rings (SSSR count). The highest BCUT2D eigenvalue weighted by Crippen LogP contribution is 2.39. The molecule has 0 aliphatic carbocycles. The molecule has 0 bridgehead atoms. The number of nitrogens with one attached hydrogen (secondary N) is 1. The summed E-state index contributed by atoms with van der Waals surface area (Å²) < 4.78 is 0.908. The summed E-state index contributed by atoms with van der Waals surface area (Å²) in [5.74, 6) is -0.103. The molecule has 37 heavy (non-hydrogen) atoms. The van der Waals surface area contributed by atoms with Crippen LogP contribution in [-0.4, -0.2) is 26.6 Å². The topological polar surface area (TPSA) is 78.4 Å². The van der Waals surface area contributed by atoms with Gasteiger partial charge in [-0.2, -0.15) is 5.10 Å². The number of hydrogen-bond acceptors (Lipinski definition) is 4. The summed E-state index contributed by atoms with van der Waals surface area (Å²) in [5.41, 5.74) is 5.06. The van der Waals surface area contributed by atoms with Crippen molar-refractivity contribution in [3.05, 3.63) is 111 Å². The minimum atomic E-state index is -0.359. The number of carbonyl (C=O) groups excluding carboxylic acids is 1. The van der Waals surface area contributed by atoms with Gasteiger partial charge in [0.2, 0.25) is 5.91 Å². The molecule has 0 saturated heterocycles. The van der Waals surface area contributed by atoms with Gasteiger partial charge in [-0.25, -0.2) is 5.01 Å².